The van der Waals surface area contributed by atoms with Crippen molar-refractivity contribution in [3.05, 3.63) is 34.9 Å². The summed E-state index contributed by atoms with van der Waals surface area (Å²) in [6.45, 7) is 12.9. The lowest BCUT2D eigenvalue weighted by Crippen LogP contribution is -2.46. The third kappa shape index (κ3) is 5.79. The van der Waals surface area contributed by atoms with Crippen LogP contribution in [0.5, 0.6) is 11.5 Å². The summed E-state index contributed by atoms with van der Waals surface area (Å²) in [6.07, 6.45) is 9.84. The van der Waals surface area contributed by atoms with Crippen molar-refractivity contribution in [3.8, 4) is 11.5 Å². The molecule has 3 atom stereocenters. The van der Waals surface area contributed by atoms with Crippen LogP contribution in [0.25, 0.3) is 0 Å². The van der Waals surface area contributed by atoms with Gasteiger partial charge in [0.25, 0.3) is 0 Å². The maximum atomic E-state index is 12.9. The van der Waals surface area contributed by atoms with Crippen LogP contribution in [0.3, 0.4) is 0 Å². The summed E-state index contributed by atoms with van der Waals surface area (Å²) in [6, 6.07) is 3.98. The second kappa shape index (κ2) is 10.7. The van der Waals surface area contributed by atoms with E-state index >= 15 is 0 Å². The summed E-state index contributed by atoms with van der Waals surface area (Å²) in [5.41, 5.74) is 2.27. The van der Waals surface area contributed by atoms with Gasteiger partial charge in [-0.15, -0.1) is 0 Å². The quantitative estimate of drug-likeness (QED) is 0.359. The number of fused-ring (bicyclic) bond motifs is 3. The molecule has 0 spiro atoms. The van der Waals surface area contributed by atoms with Gasteiger partial charge < -0.3 is 20.3 Å². The first kappa shape index (κ1) is 26.6. The van der Waals surface area contributed by atoms with Gasteiger partial charge in [0.15, 0.2) is 0 Å². The Morgan fingerprint density at radius 3 is 2.68 bits per heavy atom. The van der Waals surface area contributed by atoms with Gasteiger partial charge in [-0.3, -0.25) is 4.79 Å². The van der Waals surface area contributed by atoms with E-state index in [1.165, 1.54) is 25.7 Å². The van der Waals surface area contributed by atoms with E-state index in [4.69, 9.17) is 9.84 Å². The number of phenolic OH excluding ortho intramolecular Hbond substituents is 1. The summed E-state index contributed by atoms with van der Waals surface area (Å²) in [4.78, 5) is 12.9. The van der Waals surface area contributed by atoms with E-state index in [-0.39, 0.29) is 41.6 Å². The van der Waals surface area contributed by atoms with Crippen molar-refractivity contribution in [1.82, 2.24) is 5.32 Å². The van der Waals surface area contributed by atoms with Crippen LogP contribution < -0.4 is 10.1 Å². The number of aliphatic hydroxyl groups excluding tert-OH is 1. The molecule has 5 heteroatoms. The largest absolute Gasteiger partial charge is 0.508 e. The minimum atomic E-state index is -0.392. The smallest absolute Gasteiger partial charge is 0.247 e. The summed E-state index contributed by atoms with van der Waals surface area (Å²) in [7, 11) is 0. The van der Waals surface area contributed by atoms with Crippen molar-refractivity contribution in [2.75, 3.05) is 6.61 Å². The number of rotatable bonds is 10. The molecule has 0 saturated carbocycles. The van der Waals surface area contributed by atoms with E-state index in [9.17, 15) is 9.90 Å². The van der Waals surface area contributed by atoms with Gasteiger partial charge in [-0.05, 0) is 69.6 Å². The number of ether oxygens (including phenoxy) is 1. The molecule has 1 amide bonds. The van der Waals surface area contributed by atoms with Gasteiger partial charge in [-0.1, -0.05) is 52.5 Å². The lowest BCUT2D eigenvalue weighted by molar-refractivity contribution is -0.118. The fourth-order valence-corrected chi connectivity index (χ4v) is 5.69. The highest BCUT2D eigenvalue weighted by atomic mass is 16.5. The molecular formula is C29H45NO4. The van der Waals surface area contributed by atoms with E-state index < -0.39 is 5.60 Å². The zero-order valence-electron chi connectivity index (χ0n) is 22.0. The molecule has 3 rings (SSSR count). The van der Waals surface area contributed by atoms with Crippen molar-refractivity contribution in [2.45, 2.75) is 116 Å². The molecule has 1 heterocycles. The molecule has 0 radical (unpaired) electrons. The topological polar surface area (TPSA) is 78.8 Å². The van der Waals surface area contributed by atoms with Gasteiger partial charge in [0.05, 0.1) is 0 Å². The Labute approximate surface area is 206 Å². The van der Waals surface area contributed by atoms with Crippen molar-refractivity contribution >= 4 is 5.91 Å². The second-order valence-corrected chi connectivity index (χ2v) is 11.6. The lowest BCUT2D eigenvalue weighted by Gasteiger charge is -2.47. The standard InChI is InChI=1S/C29H45NO4/c1-7-8-9-10-14-28(3,4)21-17-24(32)26-22-16-20(27(33)30-19(2)13-15-31)11-12-23(22)29(5,6)34-25(26)18-21/h11,17-19,22-23,31-32H,7-10,12-16H2,1-6H3,(H,30,33)/t19-,22+,23+/m0/s1. The molecule has 3 N–H and O–H groups in total. The minimum absolute atomic E-state index is 0.0272. The molecule has 0 aromatic heterocycles. The first-order chi connectivity index (χ1) is 16.0. The van der Waals surface area contributed by atoms with Crippen LogP contribution in [0.1, 0.15) is 110 Å². The number of aliphatic hydroxyl groups is 1. The van der Waals surface area contributed by atoms with Gasteiger partial charge >= 0.3 is 0 Å². The van der Waals surface area contributed by atoms with Crippen LogP contribution in [-0.2, 0) is 10.2 Å². The third-order valence-electron chi connectivity index (χ3n) is 7.97. The van der Waals surface area contributed by atoms with Crippen LogP contribution in [0.15, 0.2) is 23.8 Å². The molecule has 0 fully saturated rings. The van der Waals surface area contributed by atoms with Gasteiger partial charge in [-0.25, -0.2) is 0 Å². The normalized spacial score (nSPS) is 22.1. The Kier molecular flexibility index (Phi) is 8.38. The van der Waals surface area contributed by atoms with E-state index in [0.717, 1.165) is 35.3 Å². The zero-order valence-corrected chi connectivity index (χ0v) is 22.0. The number of allylic oxidation sites excluding steroid dienone is 1. The molecule has 190 valence electrons. The molecule has 5 nitrogen and oxygen atoms in total. The predicted molar refractivity (Wildman–Crippen MR) is 137 cm³/mol. The highest BCUT2D eigenvalue weighted by molar-refractivity contribution is 5.94. The van der Waals surface area contributed by atoms with Gasteiger partial charge in [0, 0.05) is 35.6 Å². The number of aromatic hydroxyl groups is 1. The van der Waals surface area contributed by atoms with E-state index in [0.29, 0.717) is 12.8 Å². The molecule has 1 aliphatic carbocycles. The van der Waals surface area contributed by atoms with E-state index in [1.807, 2.05) is 19.1 Å². The van der Waals surface area contributed by atoms with Crippen LogP contribution >= 0.6 is 0 Å². The SMILES string of the molecule is CCCCCCC(C)(C)c1cc(O)c2c(c1)OC(C)(C)[C@@H]1CC=C(C(=O)N[C@@H](C)CCO)C[C@@H]21. The fourth-order valence-electron chi connectivity index (χ4n) is 5.69. The maximum absolute atomic E-state index is 12.9. The summed E-state index contributed by atoms with van der Waals surface area (Å²) >= 11 is 0. The third-order valence-corrected chi connectivity index (χ3v) is 7.97. The average Bonchev–Trinajstić information content (AvgIpc) is 2.75. The Hall–Kier alpha value is -2.01. The molecule has 1 aromatic carbocycles. The summed E-state index contributed by atoms with van der Waals surface area (Å²) in [5, 5.41) is 23.4. The number of nitrogens with one attached hydrogen (secondary N) is 1. The number of carbonyl (C=O) groups excluding carboxylic acids is 1. The predicted octanol–water partition coefficient (Wildman–Crippen LogP) is 6.12. The van der Waals surface area contributed by atoms with E-state index in [2.05, 4.69) is 46.0 Å². The number of amides is 1. The Morgan fingerprint density at radius 1 is 1.26 bits per heavy atom. The summed E-state index contributed by atoms with van der Waals surface area (Å²) < 4.78 is 6.52. The average molecular weight is 472 g/mol. The summed E-state index contributed by atoms with van der Waals surface area (Å²) in [5.74, 6) is 1.19. The van der Waals surface area contributed by atoms with Crippen LogP contribution in [0.4, 0.5) is 0 Å². The Morgan fingerprint density at radius 2 is 2.00 bits per heavy atom. The molecule has 2 aliphatic rings. The van der Waals surface area contributed by atoms with E-state index in [1.54, 1.807) is 0 Å². The minimum Gasteiger partial charge on any atom is -0.508 e. The lowest BCUT2D eigenvalue weighted by atomic mass is 9.66. The molecule has 1 aromatic rings. The first-order valence-electron chi connectivity index (χ1n) is 13.2. The molecule has 0 bridgehead atoms. The number of unbranched alkanes of at least 4 members (excludes halogenated alkanes) is 3. The first-order valence-corrected chi connectivity index (χ1v) is 13.2. The number of carbonyl (C=O) groups is 1. The van der Waals surface area contributed by atoms with Crippen molar-refractivity contribution in [3.63, 3.8) is 0 Å². The van der Waals surface area contributed by atoms with Crippen molar-refractivity contribution < 1.29 is 19.7 Å². The molecule has 0 unspecified atom stereocenters. The zero-order chi connectivity index (χ0) is 25.1. The molecule has 34 heavy (non-hydrogen) atoms. The number of phenols is 1. The van der Waals surface area contributed by atoms with Gasteiger partial charge in [0.1, 0.15) is 17.1 Å². The number of benzene rings is 1. The molecular weight excluding hydrogens is 426 g/mol. The van der Waals surface area contributed by atoms with Crippen LogP contribution in [0.2, 0.25) is 0 Å². The Balaban J connectivity index is 1.88. The second-order valence-electron chi connectivity index (χ2n) is 11.6. The highest BCUT2D eigenvalue weighted by Crippen LogP contribution is 2.55. The van der Waals surface area contributed by atoms with Gasteiger partial charge in [0.2, 0.25) is 5.91 Å². The fraction of sp³-hybridized carbons (Fsp3) is 0.690. The number of hydrogen-bond acceptors (Lipinski definition) is 4. The van der Waals surface area contributed by atoms with Crippen molar-refractivity contribution in [2.24, 2.45) is 5.92 Å². The monoisotopic (exact) mass is 471 g/mol. The van der Waals surface area contributed by atoms with Crippen LogP contribution in [-0.4, -0.2) is 34.4 Å². The highest BCUT2D eigenvalue weighted by Gasteiger charge is 2.47. The van der Waals surface area contributed by atoms with Gasteiger partial charge in [-0.2, -0.15) is 0 Å². The van der Waals surface area contributed by atoms with Crippen molar-refractivity contribution in [1.29, 1.82) is 0 Å². The molecule has 0 saturated heterocycles. The Bertz CT molecular complexity index is 902. The number of hydrogen-bond donors (Lipinski definition) is 3. The molecule has 1 aliphatic heterocycles. The van der Waals surface area contributed by atoms with Crippen LogP contribution in [0, 0.1) is 5.92 Å². The maximum Gasteiger partial charge on any atom is 0.247 e.